The van der Waals surface area contributed by atoms with Crippen molar-refractivity contribution in [2.75, 3.05) is 4.90 Å². The zero-order chi connectivity index (χ0) is 24.2. The molecule has 1 amide bonds. The lowest BCUT2D eigenvalue weighted by Crippen LogP contribution is -2.29. The van der Waals surface area contributed by atoms with E-state index in [0.29, 0.717) is 28.3 Å². The molecule has 5 rings (SSSR count). The molecule has 4 aromatic carbocycles. The Bertz CT molecular complexity index is 1460. The van der Waals surface area contributed by atoms with E-state index in [1.165, 1.54) is 0 Å². The molecular formula is C29H20ClN3O2. The summed E-state index contributed by atoms with van der Waals surface area (Å²) in [5, 5.41) is 9.27. The van der Waals surface area contributed by atoms with Gasteiger partial charge in [-0.25, -0.2) is 0 Å². The highest BCUT2D eigenvalue weighted by Crippen LogP contribution is 2.32. The molecule has 0 saturated heterocycles. The number of rotatable bonds is 6. The van der Waals surface area contributed by atoms with Crippen molar-refractivity contribution >= 4 is 40.4 Å². The van der Waals surface area contributed by atoms with Gasteiger partial charge in [-0.2, -0.15) is 0 Å². The third-order valence-corrected chi connectivity index (χ3v) is 6.10. The van der Waals surface area contributed by atoms with E-state index in [1.54, 1.807) is 47.4 Å². The molecule has 0 radical (unpaired) electrons. The Morgan fingerprint density at radius 3 is 2.06 bits per heavy atom. The Morgan fingerprint density at radius 1 is 0.743 bits per heavy atom. The van der Waals surface area contributed by atoms with Crippen molar-refractivity contribution in [3.63, 3.8) is 0 Å². The Balaban J connectivity index is 1.57. The maximum atomic E-state index is 13.5. The molecule has 1 aliphatic rings. The van der Waals surface area contributed by atoms with Gasteiger partial charge in [-0.15, -0.1) is 10.2 Å². The van der Waals surface area contributed by atoms with Crippen LogP contribution in [0.4, 0.5) is 5.69 Å². The Kier molecular flexibility index (Phi) is 6.33. The predicted octanol–water partition coefficient (Wildman–Crippen LogP) is 5.96. The second-order valence-electron chi connectivity index (χ2n) is 7.96. The van der Waals surface area contributed by atoms with Crippen molar-refractivity contribution in [1.29, 1.82) is 0 Å². The number of halogens is 1. The maximum Gasteiger partial charge on any atom is 0.279 e. The fraction of sp³-hybridized carbons (Fsp3) is 0.0345. The zero-order valence-electron chi connectivity index (χ0n) is 18.6. The Labute approximate surface area is 208 Å². The summed E-state index contributed by atoms with van der Waals surface area (Å²) in [4.78, 5) is 28.4. The van der Waals surface area contributed by atoms with Gasteiger partial charge in [-0.1, -0.05) is 109 Å². The summed E-state index contributed by atoms with van der Waals surface area (Å²) in [5.74, 6) is -0.567. The van der Waals surface area contributed by atoms with Gasteiger partial charge in [0.25, 0.3) is 5.91 Å². The maximum absolute atomic E-state index is 13.5. The first-order valence-electron chi connectivity index (χ1n) is 11.1. The highest BCUT2D eigenvalue weighted by atomic mass is 35.5. The zero-order valence-corrected chi connectivity index (χ0v) is 19.4. The van der Waals surface area contributed by atoms with Crippen molar-refractivity contribution in [2.24, 2.45) is 10.2 Å². The minimum absolute atomic E-state index is 0.166. The molecule has 0 aromatic heterocycles. The fourth-order valence-corrected chi connectivity index (χ4v) is 4.16. The summed E-state index contributed by atoms with van der Waals surface area (Å²) in [6, 6.07) is 32.8. The van der Waals surface area contributed by atoms with Gasteiger partial charge in [0.1, 0.15) is 5.71 Å². The van der Waals surface area contributed by atoms with Gasteiger partial charge in [0, 0.05) is 21.7 Å². The van der Waals surface area contributed by atoms with Crippen molar-refractivity contribution in [1.82, 2.24) is 0 Å². The molecule has 4 aromatic rings. The first kappa shape index (κ1) is 22.4. The number of hydrogen-bond donors (Lipinski definition) is 0. The highest BCUT2D eigenvalue weighted by molar-refractivity contribution is 6.55. The van der Waals surface area contributed by atoms with E-state index >= 15 is 0 Å². The van der Waals surface area contributed by atoms with Gasteiger partial charge in [0.2, 0.25) is 5.78 Å². The molecule has 35 heavy (non-hydrogen) atoms. The number of anilines is 1. The summed E-state index contributed by atoms with van der Waals surface area (Å²) in [5.41, 5.74) is 3.67. The van der Waals surface area contributed by atoms with E-state index in [9.17, 15) is 9.59 Å². The molecule has 1 aliphatic heterocycles. The molecule has 0 bridgehead atoms. The fourth-order valence-electron chi connectivity index (χ4n) is 3.97. The largest absolute Gasteiger partial charge is 0.302 e. The van der Waals surface area contributed by atoms with Gasteiger partial charge in [0.05, 0.1) is 12.2 Å². The monoisotopic (exact) mass is 477 g/mol. The summed E-state index contributed by atoms with van der Waals surface area (Å²) < 4.78 is 0. The Morgan fingerprint density at radius 2 is 1.34 bits per heavy atom. The highest BCUT2D eigenvalue weighted by Gasteiger charge is 2.34. The lowest BCUT2D eigenvalue weighted by atomic mass is 10.0. The number of para-hydroxylation sites is 1. The van der Waals surface area contributed by atoms with Gasteiger partial charge in [0.15, 0.2) is 5.71 Å². The molecule has 0 N–H and O–H groups in total. The molecular weight excluding hydrogens is 458 g/mol. The molecule has 0 saturated carbocycles. The number of Topliss-reactive ketones (excluding diaryl/α,β-unsaturated/α-hetero) is 1. The van der Waals surface area contributed by atoms with Crippen LogP contribution in [0.1, 0.15) is 27.0 Å². The number of amides is 1. The SMILES string of the molecule is O=C(C(=NN=C1C(=O)N(Cc2ccccc2Cl)c2ccccc21)c1ccccc1)c1ccccc1. The third-order valence-electron chi connectivity index (χ3n) is 5.73. The lowest BCUT2D eigenvalue weighted by molar-refractivity contribution is -0.112. The van der Waals surface area contributed by atoms with E-state index in [1.807, 2.05) is 66.7 Å². The van der Waals surface area contributed by atoms with Crippen LogP contribution in [-0.2, 0) is 11.3 Å². The molecule has 0 fully saturated rings. The van der Waals surface area contributed by atoms with Crippen molar-refractivity contribution < 1.29 is 9.59 Å². The molecule has 0 spiro atoms. The number of carbonyl (C=O) groups excluding carboxylic acids is 2. The molecule has 1 heterocycles. The van der Waals surface area contributed by atoms with Crippen LogP contribution in [0.3, 0.4) is 0 Å². The van der Waals surface area contributed by atoms with Gasteiger partial charge in [-0.3, -0.25) is 9.59 Å². The van der Waals surface area contributed by atoms with Crippen molar-refractivity contribution in [2.45, 2.75) is 6.54 Å². The number of nitrogens with zero attached hydrogens (tertiary/aromatic N) is 3. The molecule has 0 aliphatic carbocycles. The van der Waals surface area contributed by atoms with Crippen LogP contribution in [0, 0.1) is 0 Å². The predicted molar refractivity (Wildman–Crippen MR) is 139 cm³/mol. The number of hydrogen-bond acceptors (Lipinski definition) is 4. The van der Waals surface area contributed by atoms with Crippen LogP contribution in [0.25, 0.3) is 0 Å². The minimum atomic E-state index is -0.297. The van der Waals surface area contributed by atoms with Crippen molar-refractivity contribution in [3.05, 3.63) is 136 Å². The van der Waals surface area contributed by atoms with E-state index in [4.69, 9.17) is 11.6 Å². The molecule has 0 unspecified atom stereocenters. The van der Waals surface area contributed by atoms with Gasteiger partial charge in [-0.05, 0) is 17.7 Å². The Hall–Kier alpha value is -4.35. The number of carbonyl (C=O) groups is 2. The van der Waals surface area contributed by atoms with Crippen LogP contribution < -0.4 is 4.90 Å². The van der Waals surface area contributed by atoms with Crippen LogP contribution >= 0.6 is 11.6 Å². The number of ketones is 1. The van der Waals surface area contributed by atoms with Crippen LogP contribution in [-0.4, -0.2) is 23.1 Å². The first-order valence-corrected chi connectivity index (χ1v) is 11.5. The van der Waals surface area contributed by atoms with E-state index in [-0.39, 0.29) is 23.1 Å². The molecule has 5 nitrogen and oxygen atoms in total. The lowest BCUT2D eigenvalue weighted by Gasteiger charge is -2.17. The van der Waals surface area contributed by atoms with Crippen LogP contribution in [0.15, 0.2) is 119 Å². The van der Waals surface area contributed by atoms with Crippen LogP contribution in [0.2, 0.25) is 5.02 Å². The topological polar surface area (TPSA) is 62.1 Å². The van der Waals surface area contributed by atoms with Crippen molar-refractivity contribution in [3.8, 4) is 0 Å². The molecule has 6 heteroatoms. The van der Waals surface area contributed by atoms with E-state index in [0.717, 1.165) is 11.3 Å². The third kappa shape index (κ3) is 4.54. The summed E-state index contributed by atoms with van der Waals surface area (Å²) in [7, 11) is 0. The summed E-state index contributed by atoms with van der Waals surface area (Å²) in [6.07, 6.45) is 0. The summed E-state index contributed by atoms with van der Waals surface area (Å²) in [6.45, 7) is 0.298. The average Bonchev–Trinajstić information content (AvgIpc) is 3.17. The average molecular weight is 478 g/mol. The van der Waals surface area contributed by atoms with E-state index < -0.39 is 0 Å². The summed E-state index contributed by atoms with van der Waals surface area (Å²) >= 11 is 6.35. The first-order chi connectivity index (χ1) is 17.1. The van der Waals surface area contributed by atoms with Gasteiger partial charge < -0.3 is 4.90 Å². The second-order valence-corrected chi connectivity index (χ2v) is 8.37. The normalized spacial score (nSPS) is 14.3. The molecule has 170 valence electrons. The number of fused-ring (bicyclic) bond motifs is 1. The quantitative estimate of drug-likeness (QED) is 0.195. The second kappa shape index (κ2) is 9.87. The smallest absolute Gasteiger partial charge is 0.279 e. The standard InChI is InChI=1S/C29H20ClN3O2/c30-24-17-9-7-15-22(24)19-33-25-18-10-8-16-23(25)27(29(33)35)32-31-26(20-11-3-1-4-12-20)28(34)21-13-5-2-6-14-21/h1-18H,19H2. The van der Waals surface area contributed by atoms with E-state index in [2.05, 4.69) is 10.2 Å². The minimum Gasteiger partial charge on any atom is -0.302 e. The van der Waals surface area contributed by atoms with Gasteiger partial charge >= 0.3 is 0 Å². The number of benzene rings is 4. The van der Waals surface area contributed by atoms with Crippen LogP contribution in [0.5, 0.6) is 0 Å². The molecule has 0 atom stereocenters.